The average molecular weight is 318 g/mol. The molecule has 0 saturated heterocycles. The molecular weight excluding hydrogens is 306 g/mol. The van der Waals surface area contributed by atoms with Crippen LogP contribution in [-0.2, 0) is 10.0 Å². The maximum atomic E-state index is 12.2. The zero-order valence-electron chi connectivity index (χ0n) is 10.3. The van der Waals surface area contributed by atoms with Crippen LogP contribution in [0.5, 0.6) is 5.75 Å². The Hall–Kier alpha value is -1.24. The number of anilines is 1. The second-order valence-electron chi connectivity index (χ2n) is 3.84. The smallest absolute Gasteiger partial charge is 0.271 e. The third kappa shape index (κ3) is 3.02. The number of sulfonamides is 1. The quantitative estimate of drug-likeness (QED) is 0.938. The molecule has 0 aliphatic rings. The Balaban J connectivity index is 2.44. The van der Waals surface area contributed by atoms with E-state index in [-0.39, 0.29) is 4.21 Å². The van der Waals surface area contributed by atoms with Crippen molar-refractivity contribution in [3.05, 3.63) is 40.2 Å². The van der Waals surface area contributed by atoms with Crippen LogP contribution < -0.4 is 9.46 Å². The summed E-state index contributed by atoms with van der Waals surface area (Å²) in [5.74, 6) is 0.463. The van der Waals surface area contributed by atoms with Crippen molar-refractivity contribution in [3.63, 3.8) is 0 Å². The molecule has 1 aromatic heterocycles. The van der Waals surface area contributed by atoms with Crippen LogP contribution in [0.4, 0.5) is 5.69 Å². The Morgan fingerprint density at radius 1 is 1.37 bits per heavy atom. The molecule has 2 rings (SSSR count). The normalized spacial score (nSPS) is 11.3. The van der Waals surface area contributed by atoms with E-state index < -0.39 is 10.0 Å². The first-order chi connectivity index (χ1) is 8.94. The monoisotopic (exact) mass is 317 g/mol. The first-order valence-corrected chi connectivity index (χ1v) is 8.08. The van der Waals surface area contributed by atoms with E-state index >= 15 is 0 Å². The first-order valence-electron chi connectivity index (χ1n) is 5.34. The Morgan fingerprint density at radius 3 is 2.68 bits per heavy atom. The molecule has 0 amide bonds. The van der Waals surface area contributed by atoms with Crippen molar-refractivity contribution in [1.29, 1.82) is 0 Å². The summed E-state index contributed by atoms with van der Waals surface area (Å²) in [6.45, 7) is 1.80. The van der Waals surface area contributed by atoms with Crippen LogP contribution in [0.2, 0.25) is 5.02 Å². The molecule has 19 heavy (non-hydrogen) atoms. The number of hydrogen-bond donors (Lipinski definition) is 1. The molecule has 0 spiro atoms. The molecule has 0 atom stereocenters. The van der Waals surface area contributed by atoms with Crippen molar-refractivity contribution in [3.8, 4) is 5.75 Å². The maximum Gasteiger partial charge on any atom is 0.271 e. The summed E-state index contributed by atoms with van der Waals surface area (Å²) < 4.78 is 32.3. The van der Waals surface area contributed by atoms with E-state index in [1.54, 1.807) is 24.4 Å². The molecule has 1 N–H and O–H groups in total. The van der Waals surface area contributed by atoms with Crippen LogP contribution in [0.25, 0.3) is 0 Å². The number of hydrogen-bond acceptors (Lipinski definition) is 4. The molecule has 0 bridgehead atoms. The van der Waals surface area contributed by atoms with Crippen LogP contribution >= 0.6 is 22.9 Å². The lowest BCUT2D eigenvalue weighted by atomic mass is 10.2. The summed E-state index contributed by atoms with van der Waals surface area (Å²) in [6, 6.07) is 6.46. The predicted octanol–water partition coefficient (Wildman–Crippen LogP) is 3.52. The molecule has 0 saturated carbocycles. The third-order valence-corrected chi connectivity index (χ3v) is 5.43. The average Bonchev–Trinajstić information content (AvgIpc) is 2.81. The number of aryl methyl sites for hydroxylation is 1. The van der Waals surface area contributed by atoms with Gasteiger partial charge in [-0.05, 0) is 36.1 Å². The van der Waals surface area contributed by atoms with Gasteiger partial charge in [0.25, 0.3) is 10.0 Å². The van der Waals surface area contributed by atoms with Crippen molar-refractivity contribution >= 4 is 38.6 Å². The Labute approximate surface area is 121 Å². The topological polar surface area (TPSA) is 55.4 Å². The molecule has 1 heterocycles. The molecule has 0 fully saturated rings. The van der Waals surface area contributed by atoms with Gasteiger partial charge in [0.1, 0.15) is 9.96 Å². The third-order valence-electron chi connectivity index (χ3n) is 2.45. The Kier molecular flexibility index (Phi) is 4.03. The van der Waals surface area contributed by atoms with E-state index in [1.165, 1.54) is 19.2 Å². The van der Waals surface area contributed by atoms with Gasteiger partial charge in [0, 0.05) is 5.02 Å². The lowest BCUT2D eigenvalue weighted by Gasteiger charge is -2.13. The molecule has 0 radical (unpaired) electrons. The van der Waals surface area contributed by atoms with E-state index in [9.17, 15) is 8.42 Å². The van der Waals surface area contributed by atoms with Crippen LogP contribution in [-0.4, -0.2) is 15.5 Å². The SMILES string of the molecule is COc1c(C)cc(Cl)cc1NS(=O)(=O)c1cccs1. The van der Waals surface area contributed by atoms with Gasteiger partial charge < -0.3 is 4.74 Å². The molecule has 1 aromatic carbocycles. The summed E-state index contributed by atoms with van der Waals surface area (Å²) >= 11 is 7.09. The second kappa shape index (κ2) is 5.40. The van der Waals surface area contributed by atoms with Crippen LogP contribution in [0, 0.1) is 6.92 Å². The van der Waals surface area contributed by atoms with Gasteiger partial charge in [-0.2, -0.15) is 0 Å². The summed E-state index contributed by atoms with van der Waals surface area (Å²) in [5.41, 5.74) is 1.10. The summed E-state index contributed by atoms with van der Waals surface area (Å²) in [7, 11) is -2.12. The van der Waals surface area contributed by atoms with Crippen molar-refractivity contribution < 1.29 is 13.2 Å². The largest absolute Gasteiger partial charge is 0.494 e. The zero-order valence-corrected chi connectivity index (χ0v) is 12.7. The number of nitrogens with one attached hydrogen (secondary N) is 1. The van der Waals surface area contributed by atoms with Gasteiger partial charge in [-0.3, -0.25) is 4.72 Å². The van der Waals surface area contributed by atoms with E-state index in [1.807, 2.05) is 0 Å². The lowest BCUT2D eigenvalue weighted by Crippen LogP contribution is -2.12. The second-order valence-corrected chi connectivity index (χ2v) is 7.13. The molecule has 2 aromatic rings. The number of benzene rings is 1. The summed E-state index contributed by atoms with van der Waals surface area (Å²) in [4.78, 5) is 0. The van der Waals surface area contributed by atoms with Crippen molar-refractivity contribution in [2.75, 3.05) is 11.8 Å². The minimum Gasteiger partial charge on any atom is -0.494 e. The predicted molar refractivity (Wildman–Crippen MR) is 77.9 cm³/mol. The minimum absolute atomic E-state index is 0.243. The van der Waals surface area contributed by atoms with E-state index in [2.05, 4.69) is 4.72 Å². The van der Waals surface area contributed by atoms with E-state index in [0.29, 0.717) is 16.5 Å². The highest BCUT2D eigenvalue weighted by Gasteiger charge is 2.18. The van der Waals surface area contributed by atoms with Gasteiger partial charge in [-0.1, -0.05) is 17.7 Å². The number of methoxy groups -OCH3 is 1. The Morgan fingerprint density at radius 2 is 2.11 bits per heavy atom. The lowest BCUT2D eigenvalue weighted by molar-refractivity contribution is 0.414. The number of ether oxygens (including phenoxy) is 1. The molecular formula is C12H12ClNO3S2. The van der Waals surface area contributed by atoms with E-state index in [0.717, 1.165) is 16.9 Å². The molecule has 0 aliphatic carbocycles. The van der Waals surface area contributed by atoms with Crippen molar-refractivity contribution in [1.82, 2.24) is 0 Å². The molecule has 0 aliphatic heterocycles. The molecule has 102 valence electrons. The van der Waals surface area contributed by atoms with Gasteiger partial charge in [-0.25, -0.2) is 8.42 Å². The highest BCUT2D eigenvalue weighted by Crippen LogP contribution is 2.34. The van der Waals surface area contributed by atoms with Gasteiger partial charge in [0.15, 0.2) is 0 Å². The van der Waals surface area contributed by atoms with Gasteiger partial charge in [0.05, 0.1) is 12.8 Å². The van der Waals surface area contributed by atoms with Crippen molar-refractivity contribution in [2.24, 2.45) is 0 Å². The van der Waals surface area contributed by atoms with E-state index in [4.69, 9.17) is 16.3 Å². The fraction of sp³-hybridized carbons (Fsp3) is 0.167. The highest BCUT2D eigenvalue weighted by atomic mass is 35.5. The number of thiophene rings is 1. The summed E-state index contributed by atoms with van der Waals surface area (Å²) in [5, 5.41) is 2.15. The van der Waals surface area contributed by atoms with Gasteiger partial charge in [0.2, 0.25) is 0 Å². The molecule has 0 unspecified atom stereocenters. The molecule has 7 heteroatoms. The van der Waals surface area contributed by atoms with Gasteiger partial charge in [-0.15, -0.1) is 11.3 Å². The maximum absolute atomic E-state index is 12.2. The van der Waals surface area contributed by atoms with Crippen LogP contribution in [0.15, 0.2) is 33.9 Å². The van der Waals surface area contributed by atoms with Crippen LogP contribution in [0.3, 0.4) is 0 Å². The summed E-state index contributed by atoms with van der Waals surface area (Å²) in [6.07, 6.45) is 0. The Bertz CT molecular complexity index is 681. The number of rotatable bonds is 4. The fourth-order valence-corrected chi connectivity index (χ4v) is 4.01. The zero-order chi connectivity index (χ0) is 14.0. The molecule has 4 nitrogen and oxygen atoms in total. The number of halogens is 1. The first kappa shape index (κ1) is 14.2. The highest BCUT2D eigenvalue weighted by molar-refractivity contribution is 7.94. The fourth-order valence-electron chi connectivity index (χ4n) is 1.69. The van der Waals surface area contributed by atoms with Crippen LogP contribution in [0.1, 0.15) is 5.56 Å². The van der Waals surface area contributed by atoms with Crippen molar-refractivity contribution in [2.45, 2.75) is 11.1 Å². The van der Waals surface area contributed by atoms with Gasteiger partial charge >= 0.3 is 0 Å². The minimum atomic E-state index is -3.61. The standard InChI is InChI=1S/C12H12ClNO3S2/c1-8-6-9(13)7-10(12(8)17-2)14-19(15,16)11-4-3-5-18-11/h3-7,14H,1-2H3.